The van der Waals surface area contributed by atoms with Crippen LogP contribution < -0.4 is 9.47 Å². The Hall–Kier alpha value is -2.63. The van der Waals surface area contributed by atoms with E-state index in [-0.39, 0.29) is 0 Å². The number of aryl methyl sites for hydroxylation is 2. The van der Waals surface area contributed by atoms with E-state index in [2.05, 4.69) is 15.1 Å². The average molecular weight is 308 g/mol. The summed E-state index contributed by atoms with van der Waals surface area (Å²) in [4.78, 5) is 9.01. The van der Waals surface area contributed by atoms with Gasteiger partial charge in [-0.1, -0.05) is 0 Å². The molecule has 0 fully saturated rings. The number of hydrogen-bond acceptors (Lipinski definition) is 5. The molecule has 0 N–H and O–H groups in total. The fourth-order valence-corrected chi connectivity index (χ4v) is 3.26. The first kappa shape index (κ1) is 12.9. The zero-order valence-electron chi connectivity index (χ0n) is 12.7. The van der Waals surface area contributed by atoms with Crippen LogP contribution in [0.4, 0.5) is 0 Å². The molecule has 0 bridgehead atoms. The van der Waals surface area contributed by atoms with E-state index < -0.39 is 0 Å². The molecular weight excluding hydrogens is 292 g/mol. The van der Waals surface area contributed by atoms with Crippen molar-refractivity contribution in [1.82, 2.24) is 19.6 Å². The molecule has 1 aromatic carbocycles. The van der Waals surface area contributed by atoms with Crippen LogP contribution in [-0.4, -0.2) is 32.8 Å². The van der Waals surface area contributed by atoms with E-state index >= 15 is 0 Å². The minimum absolute atomic E-state index is 0.660. The van der Waals surface area contributed by atoms with E-state index in [1.165, 1.54) is 11.3 Å². The molecule has 23 heavy (non-hydrogen) atoms. The third-order valence-electron chi connectivity index (χ3n) is 4.42. The molecule has 0 saturated carbocycles. The number of fused-ring (bicyclic) bond motifs is 4. The second-order valence-electron chi connectivity index (χ2n) is 5.94. The highest BCUT2D eigenvalue weighted by Crippen LogP contribution is 2.33. The molecule has 3 heterocycles. The largest absolute Gasteiger partial charge is 0.490 e. The van der Waals surface area contributed by atoms with Gasteiger partial charge in [-0.15, -0.1) is 5.10 Å². The van der Waals surface area contributed by atoms with Crippen LogP contribution in [0.5, 0.6) is 11.5 Å². The molecule has 1 aliphatic heterocycles. The molecule has 1 aliphatic carbocycles. The van der Waals surface area contributed by atoms with Gasteiger partial charge in [0.25, 0.3) is 5.78 Å². The van der Waals surface area contributed by atoms with Crippen LogP contribution in [0.3, 0.4) is 0 Å². The van der Waals surface area contributed by atoms with E-state index in [1.807, 2.05) is 28.9 Å². The minimum Gasteiger partial charge on any atom is -0.490 e. The Morgan fingerprint density at radius 2 is 1.91 bits per heavy atom. The third-order valence-corrected chi connectivity index (χ3v) is 4.42. The zero-order valence-corrected chi connectivity index (χ0v) is 12.7. The molecule has 5 rings (SSSR count). The van der Waals surface area contributed by atoms with Gasteiger partial charge in [-0.2, -0.15) is 4.98 Å². The second-order valence-corrected chi connectivity index (χ2v) is 5.94. The molecule has 0 amide bonds. The van der Waals surface area contributed by atoms with Gasteiger partial charge in [0.05, 0.1) is 18.9 Å². The summed E-state index contributed by atoms with van der Waals surface area (Å²) in [6.45, 7) is 1.36. The lowest BCUT2D eigenvalue weighted by Gasteiger charge is -2.07. The van der Waals surface area contributed by atoms with Gasteiger partial charge in [0, 0.05) is 18.2 Å². The molecule has 2 aromatic heterocycles. The van der Waals surface area contributed by atoms with Gasteiger partial charge in [0.2, 0.25) is 0 Å². The molecule has 2 aliphatic rings. The van der Waals surface area contributed by atoms with Crippen LogP contribution >= 0.6 is 0 Å². The van der Waals surface area contributed by atoms with Crippen molar-refractivity contribution >= 4 is 5.78 Å². The lowest BCUT2D eigenvalue weighted by Crippen LogP contribution is -1.99. The summed E-state index contributed by atoms with van der Waals surface area (Å²) in [5.74, 6) is 2.88. The van der Waals surface area contributed by atoms with Gasteiger partial charge >= 0.3 is 0 Å². The van der Waals surface area contributed by atoms with Crippen molar-refractivity contribution in [2.75, 3.05) is 13.2 Å². The molecule has 6 heteroatoms. The maximum Gasteiger partial charge on any atom is 0.252 e. The SMILES string of the molecule is c1cc2c(cc1-c1nc3ncc4c(n3n1)CCC4)OCCCO2. The summed E-state index contributed by atoms with van der Waals surface area (Å²) in [6.07, 6.45) is 6.11. The normalized spacial score (nSPS) is 16.3. The van der Waals surface area contributed by atoms with Crippen LogP contribution in [0, 0.1) is 0 Å². The fraction of sp³-hybridized carbons (Fsp3) is 0.353. The number of hydrogen-bond donors (Lipinski definition) is 0. The van der Waals surface area contributed by atoms with Crippen molar-refractivity contribution in [3.05, 3.63) is 35.7 Å². The van der Waals surface area contributed by atoms with Gasteiger partial charge < -0.3 is 9.47 Å². The highest BCUT2D eigenvalue weighted by Gasteiger charge is 2.19. The van der Waals surface area contributed by atoms with E-state index in [0.717, 1.165) is 42.7 Å². The summed E-state index contributed by atoms with van der Waals surface area (Å²) >= 11 is 0. The fourth-order valence-electron chi connectivity index (χ4n) is 3.26. The van der Waals surface area contributed by atoms with Gasteiger partial charge in [-0.25, -0.2) is 9.50 Å². The minimum atomic E-state index is 0.660. The first-order valence-corrected chi connectivity index (χ1v) is 8.02. The number of aromatic nitrogens is 4. The summed E-state index contributed by atoms with van der Waals surface area (Å²) in [7, 11) is 0. The standard InChI is InChI=1S/C17H16N4O2/c1-3-12-10-18-17-19-16(20-21(17)13(12)4-1)11-5-6-14-15(9-11)23-8-2-7-22-14/h5-6,9-10H,1-4,7-8H2. The van der Waals surface area contributed by atoms with Crippen LogP contribution in [-0.2, 0) is 12.8 Å². The maximum atomic E-state index is 5.76. The van der Waals surface area contributed by atoms with Crippen molar-refractivity contribution in [1.29, 1.82) is 0 Å². The number of benzene rings is 1. The Kier molecular flexibility index (Phi) is 2.76. The average Bonchev–Trinajstić information content (AvgIpc) is 3.14. The highest BCUT2D eigenvalue weighted by molar-refractivity contribution is 5.62. The topological polar surface area (TPSA) is 61.5 Å². The number of ether oxygens (including phenoxy) is 2. The number of nitrogens with zero attached hydrogens (tertiary/aromatic N) is 4. The Morgan fingerprint density at radius 1 is 1.00 bits per heavy atom. The monoisotopic (exact) mass is 308 g/mol. The summed E-state index contributed by atoms with van der Waals surface area (Å²) in [5.41, 5.74) is 3.45. The molecule has 3 aromatic rings. The first-order chi connectivity index (χ1) is 11.4. The van der Waals surface area contributed by atoms with Crippen molar-refractivity contribution in [3.8, 4) is 22.9 Å². The predicted octanol–water partition coefficient (Wildman–Crippen LogP) is 2.44. The first-order valence-electron chi connectivity index (χ1n) is 8.02. The van der Waals surface area contributed by atoms with E-state index in [1.54, 1.807) is 0 Å². The zero-order chi connectivity index (χ0) is 15.2. The molecule has 6 nitrogen and oxygen atoms in total. The lowest BCUT2D eigenvalue weighted by atomic mass is 10.2. The Labute approximate surface area is 133 Å². The number of rotatable bonds is 1. The highest BCUT2D eigenvalue weighted by atomic mass is 16.5. The lowest BCUT2D eigenvalue weighted by molar-refractivity contribution is 0.297. The molecule has 0 spiro atoms. The van der Waals surface area contributed by atoms with Crippen molar-refractivity contribution in [2.45, 2.75) is 25.7 Å². The molecular formula is C17H16N4O2. The van der Waals surface area contributed by atoms with Gasteiger partial charge in [0.15, 0.2) is 17.3 Å². The predicted molar refractivity (Wildman–Crippen MR) is 83.9 cm³/mol. The third kappa shape index (κ3) is 2.05. The molecule has 116 valence electrons. The summed E-state index contributed by atoms with van der Waals surface area (Å²) < 4.78 is 13.3. The molecule has 0 saturated heterocycles. The van der Waals surface area contributed by atoms with Crippen LogP contribution in [0.2, 0.25) is 0 Å². The van der Waals surface area contributed by atoms with Gasteiger partial charge in [0.1, 0.15) is 0 Å². The Bertz CT molecular complexity index is 903. The van der Waals surface area contributed by atoms with Crippen molar-refractivity contribution in [3.63, 3.8) is 0 Å². The van der Waals surface area contributed by atoms with Crippen molar-refractivity contribution in [2.24, 2.45) is 0 Å². The van der Waals surface area contributed by atoms with Crippen LogP contribution in [0.1, 0.15) is 24.1 Å². The van der Waals surface area contributed by atoms with E-state index in [0.29, 0.717) is 24.8 Å². The van der Waals surface area contributed by atoms with Crippen LogP contribution in [0.15, 0.2) is 24.4 Å². The smallest absolute Gasteiger partial charge is 0.252 e. The van der Waals surface area contributed by atoms with Gasteiger partial charge in [-0.05, 0) is 43.0 Å². The van der Waals surface area contributed by atoms with Crippen molar-refractivity contribution < 1.29 is 9.47 Å². The maximum absolute atomic E-state index is 5.76. The van der Waals surface area contributed by atoms with Gasteiger partial charge in [-0.3, -0.25) is 0 Å². The quantitative estimate of drug-likeness (QED) is 0.691. The Balaban J connectivity index is 1.62. The molecule has 0 atom stereocenters. The molecule has 0 unspecified atom stereocenters. The van der Waals surface area contributed by atoms with Crippen LogP contribution in [0.25, 0.3) is 17.2 Å². The van der Waals surface area contributed by atoms with E-state index in [4.69, 9.17) is 9.47 Å². The summed E-state index contributed by atoms with van der Waals surface area (Å²) in [6, 6.07) is 5.86. The summed E-state index contributed by atoms with van der Waals surface area (Å²) in [5, 5.41) is 4.67. The second kappa shape index (κ2) is 4.94. The van der Waals surface area contributed by atoms with E-state index in [9.17, 15) is 0 Å². The Morgan fingerprint density at radius 3 is 2.87 bits per heavy atom. The molecule has 0 radical (unpaired) electrons.